The molecule has 0 unspecified atom stereocenters. The maximum Gasteiger partial charge on any atom is 0.259 e. The van der Waals surface area contributed by atoms with E-state index in [0.29, 0.717) is 40.5 Å². The van der Waals surface area contributed by atoms with Gasteiger partial charge in [-0.1, -0.05) is 28.4 Å². The van der Waals surface area contributed by atoms with Crippen molar-refractivity contribution >= 4 is 23.2 Å². The molecule has 5 nitrogen and oxygen atoms in total. The molecule has 1 saturated heterocycles. The van der Waals surface area contributed by atoms with Crippen LogP contribution in [0.5, 0.6) is 0 Å². The Morgan fingerprint density at radius 2 is 2.21 bits per heavy atom. The zero-order chi connectivity index (χ0) is 13.2. The summed E-state index contributed by atoms with van der Waals surface area (Å²) in [7, 11) is 0. The molecule has 100 valence electrons. The van der Waals surface area contributed by atoms with E-state index < -0.39 is 0 Å². The average Bonchev–Trinajstić information content (AvgIpc) is 2.89. The van der Waals surface area contributed by atoms with E-state index in [1.54, 1.807) is 18.2 Å². The van der Waals surface area contributed by atoms with E-state index in [-0.39, 0.29) is 6.04 Å². The Morgan fingerprint density at radius 3 is 2.95 bits per heavy atom. The molecule has 0 aliphatic carbocycles. The molecule has 1 N–H and O–H groups in total. The van der Waals surface area contributed by atoms with E-state index in [4.69, 9.17) is 32.5 Å². The summed E-state index contributed by atoms with van der Waals surface area (Å²) in [5, 5.41) is 8.27. The van der Waals surface area contributed by atoms with Crippen molar-refractivity contribution in [2.75, 3.05) is 19.8 Å². The van der Waals surface area contributed by atoms with Gasteiger partial charge in [-0.3, -0.25) is 0 Å². The molecule has 0 radical (unpaired) electrons. The fraction of sp³-hybridized carbons (Fsp3) is 0.333. The molecule has 0 spiro atoms. The lowest BCUT2D eigenvalue weighted by Gasteiger charge is -2.20. The van der Waals surface area contributed by atoms with Gasteiger partial charge in [0, 0.05) is 11.6 Å². The van der Waals surface area contributed by atoms with E-state index in [2.05, 4.69) is 15.5 Å². The molecule has 1 aromatic heterocycles. The van der Waals surface area contributed by atoms with Crippen LogP contribution in [0.25, 0.3) is 11.5 Å². The van der Waals surface area contributed by atoms with Gasteiger partial charge in [0.1, 0.15) is 0 Å². The van der Waals surface area contributed by atoms with Gasteiger partial charge in [0.15, 0.2) is 5.82 Å². The summed E-state index contributed by atoms with van der Waals surface area (Å²) in [5.74, 6) is 0.949. The molecule has 0 saturated carbocycles. The van der Waals surface area contributed by atoms with E-state index in [9.17, 15) is 0 Å². The minimum Gasteiger partial charge on any atom is -0.378 e. The maximum atomic E-state index is 6.11. The molecule has 0 amide bonds. The zero-order valence-electron chi connectivity index (χ0n) is 9.90. The Kier molecular flexibility index (Phi) is 3.70. The highest BCUT2D eigenvalue weighted by molar-refractivity contribution is 6.36. The van der Waals surface area contributed by atoms with Crippen LogP contribution in [0.4, 0.5) is 0 Å². The summed E-state index contributed by atoms with van der Waals surface area (Å²) >= 11 is 12.0. The first-order valence-corrected chi connectivity index (χ1v) is 6.60. The number of morpholine rings is 1. The molecule has 1 aromatic carbocycles. The molecule has 19 heavy (non-hydrogen) atoms. The molecule has 1 aliphatic rings. The third-order valence-corrected chi connectivity index (χ3v) is 3.38. The number of ether oxygens (including phenoxy) is 1. The van der Waals surface area contributed by atoms with Gasteiger partial charge in [-0.2, -0.15) is 4.98 Å². The Morgan fingerprint density at radius 1 is 1.32 bits per heavy atom. The average molecular weight is 300 g/mol. The molecule has 0 bridgehead atoms. The summed E-state index contributed by atoms with van der Waals surface area (Å²) in [4.78, 5) is 4.35. The highest BCUT2D eigenvalue weighted by Gasteiger charge is 2.22. The Labute approximate surface area is 119 Å². The van der Waals surface area contributed by atoms with Crippen LogP contribution in [-0.2, 0) is 4.74 Å². The van der Waals surface area contributed by atoms with E-state index in [1.807, 2.05) is 0 Å². The second-order valence-corrected chi connectivity index (χ2v) is 5.01. The first kappa shape index (κ1) is 12.9. The summed E-state index contributed by atoms with van der Waals surface area (Å²) in [5.41, 5.74) is 0.668. The van der Waals surface area contributed by atoms with Crippen LogP contribution < -0.4 is 5.32 Å². The predicted molar refractivity (Wildman–Crippen MR) is 71.3 cm³/mol. The summed E-state index contributed by atoms with van der Waals surface area (Å²) < 4.78 is 10.6. The SMILES string of the molecule is Clc1ccc(-c2nc([C@H]3COCCN3)no2)c(Cl)c1. The van der Waals surface area contributed by atoms with Crippen molar-refractivity contribution < 1.29 is 9.26 Å². The normalized spacial score (nSPS) is 19.6. The fourth-order valence-corrected chi connectivity index (χ4v) is 2.37. The molecular weight excluding hydrogens is 289 g/mol. The number of aromatic nitrogens is 2. The maximum absolute atomic E-state index is 6.11. The van der Waals surface area contributed by atoms with Gasteiger partial charge >= 0.3 is 0 Å². The summed E-state index contributed by atoms with van der Waals surface area (Å²) in [6, 6.07) is 5.09. The standard InChI is InChI=1S/C12H11Cl2N3O2/c13-7-1-2-8(9(14)5-7)12-16-11(17-19-12)10-6-18-4-3-15-10/h1-2,5,10,15H,3-4,6H2/t10-/m1/s1. The van der Waals surface area contributed by atoms with Crippen molar-refractivity contribution in [2.45, 2.75) is 6.04 Å². The van der Waals surface area contributed by atoms with Gasteiger partial charge in [0.05, 0.1) is 29.8 Å². The molecular formula is C12H11Cl2N3O2. The lowest BCUT2D eigenvalue weighted by molar-refractivity contribution is 0.0734. The Hall–Kier alpha value is -1.14. The molecule has 2 aromatic rings. The number of rotatable bonds is 2. The molecule has 1 atom stereocenters. The van der Waals surface area contributed by atoms with Crippen molar-refractivity contribution in [3.8, 4) is 11.5 Å². The second-order valence-electron chi connectivity index (χ2n) is 4.16. The van der Waals surface area contributed by atoms with Crippen molar-refractivity contribution in [1.82, 2.24) is 15.5 Å². The smallest absolute Gasteiger partial charge is 0.259 e. The Bertz CT molecular complexity index is 582. The number of hydrogen-bond donors (Lipinski definition) is 1. The number of nitrogens with zero attached hydrogens (tertiary/aromatic N) is 2. The first-order chi connectivity index (χ1) is 9.24. The third kappa shape index (κ3) is 2.74. The molecule has 1 fully saturated rings. The third-order valence-electron chi connectivity index (χ3n) is 2.84. The summed E-state index contributed by atoms with van der Waals surface area (Å²) in [6.45, 7) is 2.01. The highest BCUT2D eigenvalue weighted by atomic mass is 35.5. The first-order valence-electron chi connectivity index (χ1n) is 5.84. The monoisotopic (exact) mass is 299 g/mol. The number of benzene rings is 1. The highest BCUT2D eigenvalue weighted by Crippen LogP contribution is 2.29. The quantitative estimate of drug-likeness (QED) is 0.924. The Balaban J connectivity index is 1.87. The second kappa shape index (κ2) is 5.46. The lowest BCUT2D eigenvalue weighted by atomic mass is 10.2. The van der Waals surface area contributed by atoms with Crippen LogP contribution in [0.2, 0.25) is 10.0 Å². The molecule has 1 aliphatic heterocycles. The minimum absolute atomic E-state index is 0.0441. The predicted octanol–water partition coefficient (Wildman–Crippen LogP) is 2.70. The largest absolute Gasteiger partial charge is 0.378 e. The van der Waals surface area contributed by atoms with Crippen molar-refractivity contribution in [3.05, 3.63) is 34.1 Å². The van der Waals surface area contributed by atoms with Gasteiger partial charge in [-0.05, 0) is 18.2 Å². The van der Waals surface area contributed by atoms with Crippen LogP contribution in [0, 0.1) is 0 Å². The van der Waals surface area contributed by atoms with Crippen LogP contribution in [0.1, 0.15) is 11.9 Å². The van der Waals surface area contributed by atoms with Crippen LogP contribution in [0.15, 0.2) is 22.7 Å². The number of hydrogen-bond acceptors (Lipinski definition) is 5. The van der Waals surface area contributed by atoms with Crippen LogP contribution in [0.3, 0.4) is 0 Å². The fourth-order valence-electron chi connectivity index (χ4n) is 1.88. The van der Waals surface area contributed by atoms with Crippen LogP contribution >= 0.6 is 23.2 Å². The summed E-state index contributed by atoms with van der Waals surface area (Å²) in [6.07, 6.45) is 0. The van der Waals surface area contributed by atoms with Crippen molar-refractivity contribution in [2.24, 2.45) is 0 Å². The number of nitrogens with one attached hydrogen (secondary N) is 1. The van der Waals surface area contributed by atoms with Crippen LogP contribution in [-0.4, -0.2) is 29.9 Å². The van der Waals surface area contributed by atoms with Gasteiger partial charge in [-0.15, -0.1) is 0 Å². The lowest BCUT2D eigenvalue weighted by Crippen LogP contribution is -2.35. The minimum atomic E-state index is -0.0441. The molecule has 7 heteroatoms. The molecule has 3 rings (SSSR count). The zero-order valence-corrected chi connectivity index (χ0v) is 11.4. The van der Waals surface area contributed by atoms with E-state index >= 15 is 0 Å². The van der Waals surface area contributed by atoms with Gasteiger partial charge < -0.3 is 14.6 Å². The topological polar surface area (TPSA) is 60.2 Å². The van der Waals surface area contributed by atoms with Gasteiger partial charge in [-0.25, -0.2) is 0 Å². The van der Waals surface area contributed by atoms with Gasteiger partial charge in [0.25, 0.3) is 5.89 Å². The van der Waals surface area contributed by atoms with E-state index in [1.165, 1.54) is 0 Å². The van der Waals surface area contributed by atoms with E-state index in [0.717, 1.165) is 6.54 Å². The van der Waals surface area contributed by atoms with Gasteiger partial charge in [0.2, 0.25) is 0 Å². The number of halogens is 2. The van der Waals surface area contributed by atoms with Crippen molar-refractivity contribution in [1.29, 1.82) is 0 Å². The molecule has 2 heterocycles. The van der Waals surface area contributed by atoms with Crippen molar-refractivity contribution in [3.63, 3.8) is 0 Å².